The molecule has 0 spiro atoms. The summed E-state index contributed by atoms with van der Waals surface area (Å²) in [6.45, 7) is 2.26. The molecule has 6 atom stereocenters. The van der Waals surface area contributed by atoms with E-state index in [1.165, 1.54) is 18.4 Å². The third-order valence-electron chi connectivity index (χ3n) is 8.03. The number of rotatable bonds is 1. The van der Waals surface area contributed by atoms with Gasteiger partial charge in [0.25, 0.3) is 0 Å². The van der Waals surface area contributed by atoms with Crippen molar-refractivity contribution in [3.63, 3.8) is 0 Å². The number of hydrogen-bond donors (Lipinski definition) is 1. The maximum absolute atomic E-state index is 11.8. The van der Waals surface area contributed by atoms with E-state index in [0.29, 0.717) is 17.6 Å². The average Bonchev–Trinajstić information content (AvgIpc) is 2.88. The zero-order valence-corrected chi connectivity index (χ0v) is 16.6. The van der Waals surface area contributed by atoms with E-state index in [1.807, 2.05) is 6.08 Å². The van der Waals surface area contributed by atoms with Crippen molar-refractivity contribution in [1.29, 1.82) is 0 Å². The van der Waals surface area contributed by atoms with E-state index < -0.39 is 5.60 Å². The maximum atomic E-state index is 11.8. The lowest BCUT2D eigenvalue weighted by Gasteiger charge is -2.55. The van der Waals surface area contributed by atoms with Gasteiger partial charge in [0.15, 0.2) is 5.78 Å². The fourth-order valence-electron chi connectivity index (χ4n) is 7.01. The number of allylic oxidation sites excluding steroid dienone is 1. The van der Waals surface area contributed by atoms with Gasteiger partial charge in [-0.2, -0.15) is 0 Å². The number of aliphatic hydroxyl groups is 1. The average molecular weight is 438 g/mol. The van der Waals surface area contributed by atoms with E-state index in [2.05, 4.69) is 39.4 Å². The van der Waals surface area contributed by atoms with Gasteiger partial charge in [-0.15, -0.1) is 0 Å². The third kappa shape index (κ3) is 2.28. The van der Waals surface area contributed by atoms with Crippen LogP contribution in [0.3, 0.4) is 0 Å². The molecular weight excluding hydrogens is 411 g/mol. The van der Waals surface area contributed by atoms with Crippen LogP contribution in [0.1, 0.15) is 64.7 Å². The molecule has 4 rings (SSSR count). The molecule has 0 unspecified atom stereocenters. The largest absolute Gasteiger partial charge is 0.377 e. The molecule has 4 aliphatic carbocycles. The Morgan fingerprint density at radius 3 is 2.79 bits per heavy atom. The molecule has 3 saturated carbocycles. The van der Waals surface area contributed by atoms with Crippen LogP contribution < -0.4 is 0 Å². The molecule has 130 valence electrons. The lowest BCUT2D eigenvalue weighted by molar-refractivity contribution is -0.117. The Bertz CT molecular complexity index is 642. The van der Waals surface area contributed by atoms with Crippen molar-refractivity contribution < 1.29 is 9.90 Å². The fourth-order valence-corrected chi connectivity index (χ4v) is 7.46. The summed E-state index contributed by atoms with van der Waals surface area (Å²) in [4.78, 5) is 11.8. The summed E-state index contributed by atoms with van der Waals surface area (Å²) in [5, 5.41) is 11.4. The van der Waals surface area contributed by atoms with Gasteiger partial charge in [0.2, 0.25) is 0 Å². The topological polar surface area (TPSA) is 37.3 Å². The predicted molar refractivity (Wildman–Crippen MR) is 103 cm³/mol. The third-order valence-corrected chi connectivity index (χ3v) is 8.30. The number of hydrogen-bond acceptors (Lipinski definition) is 2. The van der Waals surface area contributed by atoms with Crippen LogP contribution in [0.15, 0.2) is 11.6 Å². The number of carbonyl (C=O) groups is 1. The zero-order valence-electron chi connectivity index (χ0n) is 14.5. The van der Waals surface area contributed by atoms with Gasteiger partial charge in [0.05, 0.1) is 0 Å². The molecule has 0 saturated heterocycles. The molecule has 24 heavy (non-hydrogen) atoms. The highest BCUT2D eigenvalue weighted by atomic mass is 127. The van der Waals surface area contributed by atoms with Crippen molar-refractivity contribution in [2.45, 2.75) is 70.3 Å². The lowest BCUT2D eigenvalue weighted by atomic mass is 9.49. The van der Waals surface area contributed by atoms with Gasteiger partial charge in [-0.25, -0.2) is 0 Å². The number of halogens is 1. The van der Waals surface area contributed by atoms with Crippen LogP contribution in [-0.4, -0.2) is 16.5 Å². The molecule has 3 fully saturated rings. The molecule has 0 aromatic rings. The van der Waals surface area contributed by atoms with Crippen LogP contribution in [0.25, 0.3) is 0 Å². The van der Waals surface area contributed by atoms with Crippen molar-refractivity contribution in [1.82, 2.24) is 0 Å². The molecule has 1 N–H and O–H groups in total. The summed E-state index contributed by atoms with van der Waals surface area (Å²) in [7, 11) is 0. The second-order valence-electron chi connectivity index (χ2n) is 8.47. The van der Waals surface area contributed by atoms with Crippen molar-refractivity contribution in [3.05, 3.63) is 11.6 Å². The standard InChI is InChI=1S/C21H27IO2/c1-2-20-9-7-17-16-6-4-15(23)13-14(16)3-5-18(17)19(20)8-10-21(20,24)11-12-22/h13,16-19,24H,2-10H2,1H3/t16-,17+,18+,19-,20-,21+/m0/s1. The quantitative estimate of drug-likeness (QED) is 0.478. The van der Waals surface area contributed by atoms with E-state index in [0.717, 1.165) is 56.8 Å². The highest BCUT2D eigenvalue weighted by molar-refractivity contribution is 14.1. The first-order chi connectivity index (χ1) is 11.5. The normalized spacial score (nSPS) is 47.0. The summed E-state index contributed by atoms with van der Waals surface area (Å²) in [5.74, 6) is 6.25. The smallest absolute Gasteiger partial charge is 0.155 e. The second kappa shape index (κ2) is 6.13. The van der Waals surface area contributed by atoms with Gasteiger partial charge < -0.3 is 5.11 Å². The fraction of sp³-hybridized carbons (Fsp3) is 0.762. The van der Waals surface area contributed by atoms with Gasteiger partial charge in [-0.3, -0.25) is 4.79 Å². The Morgan fingerprint density at radius 2 is 2.04 bits per heavy atom. The summed E-state index contributed by atoms with van der Waals surface area (Å²) in [5.41, 5.74) is 0.659. The summed E-state index contributed by atoms with van der Waals surface area (Å²) < 4.78 is 2.99. The molecule has 0 bridgehead atoms. The van der Waals surface area contributed by atoms with Gasteiger partial charge in [0, 0.05) is 34.4 Å². The van der Waals surface area contributed by atoms with E-state index in [4.69, 9.17) is 0 Å². The minimum Gasteiger partial charge on any atom is -0.377 e. The van der Waals surface area contributed by atoms with Crippen molar-refractivity contribution in [2.75, 3.05) is 0 Å². The minimum absolute atomic E-state index is 0.00194. The second-order valence-corrected chi connectivity index (χ2v) is 9.01. The molecule has 0 radical (unpaired) electrons. The van der Waals surface area contributed by atoms with E-state index in [9.17, 15) is 9.90 Å². The molecule has 3 heteroatoms. The molecule has 4 aliphatic rings. The Balaban J connectivity index is 1.67. The van der Waals surface area contributed by atoms with Crippen LogP contribution in [-0.2, 0) is 4.79 Å². The predicted octanol–water partition coefficient (Wildman–Crippen LogP) is 4.65. The molecule has 2 nitrogen and oxygen atoms in total. The van der Waals surface area contributed by atoms with Crippen molar-refractivity contribution >= 4 is 28.4 Å². The SMILES string of the molecule is CC[C@]12CC[C@H]3[C@@H](CCC4=CC(=O)CC[C@@H]43)[C@@H]1CC[C@@]2(O)C#CI. The Kier molecular flexibility index (Phi) is 4.36. The monoisotopic (exact) mass is 438 g/mol. The number of fused-ring (bicyclic) bond motifs is 5. The lowest BCUT2D eigenvalue weighted by Crippen LogP contribution is -2.53. The Hall–Kier alpha value is -0.340. The van der Waals surface area contributed by atoms with Gasteiger partial charge in [-0.05, 0) is 85.0 Å². The van der Waals surface area contributed by atoms with Gasteiger partial charge >= 0.3 is 0 Å². The van der Waals surface area contributed by atoms with Gasteiger partial charge in [0.1, 0.15) is 5.60 Å². The molecule has 0 amide bonds. The Morgan fingerprint density at radius 1 is 1.21 bits per heavy atom. The van der Waals surface area contributed by atoms with Crippen LogP contribution in [0.4, 0.5) is 0 Å². The maximum Gasteiger partial charge on any atom is 0.155 e. The van der Waals surface area contributed by atoms with Crippen molar-refractivity contribution in [2.24, 2.45) is 29.1 Å². The molecule has 0 aromatic heterocycles. The summed E-state index contributed by atoms with van der Waals surface area (Å²) in [6.07, 6.45) is 11.4. The number of ketones is 1. The highest BCUT2D eigenvalue weighted by Gasteiger charge is 2.63. The minimum atomic E-state index is -0.781. The number of carbonyl (C=O) groups excluding carboxylic acids is 1. The summed E-state index contributed by atoms with van der Waals surface area (Å²) in [6, 6.07) is 0. The van der Waals surface area contributed by atoms with Crippen LogP contribution in [0, 0.1) is 38.9 Å². The molecular formula is C21H27IO2. The molecule has 0 heterocycles. The molecule has 0 aromatic carbocycles. The molecule has 0 aliphatic heterocycles. The Labute approximate surface area is 159 Å². The van der Waals surface area contributed by atoms with E-state index in [1.54, 1.807) is 0 Å². The highest BCUT2D eigenvalue weighted by Crippen LogP contribution is 2.66. The first-order valence-electron chi connectivity index (χ1n) is 9.63. The van der Waals surface area contributed by atoms with Crippen LogP contribution in [0.2, 0.25) is 0 Å². The van der Waals surface area contributed by atoms with E-state index in [-0.39, 0.29) is 5.41 Å². The van der Waals surface area contributed by atoms with Crippen LogP contribution in [0.5, 0.6) is 0 Å². The van der Waals surface area contributed by atoms with Crippen molar-refractivity contribution in [3.8, 4) is 9.85 Å². The zero-order chi connectivity index (χ0) is 16.9. The van der Waals surface area contributed by atoms with E-state index >= 15 is 0 Å². The summed E-state index contributed by atoms with van der Waals surface area (Å²) >= 11 is 2.08. The first-order valence-corrected chi connectivity index (χ1v) is 10.7. The van der Waals surface area contributed by atoms with Crippen LogP contribution >= 0.6 is 22.6 Å². The first kappa shape index (κ1) is 17.1. The van der Waals surface area contributed by atoms with Gasteiger partial charge in [-0.1, -0.05) is 18.4 Å².